The summed E-state index contributed by atoms with van der Waals surface area (Å²) in [5.74, 6) is -0.417. The van der Waals surface area contributed by atoms with Crippen molar-refractivity contribution in [3.63, 3.8) is 0 Å². The minimum absolute atomic E-state index is 0.0469. The highest BCUT2D eigenvalue weighted by molar-refractivity contribution is 7.89. The van der Waals surface area contributed by atoms with Gasteiger partial charge in [0.1, 0.15) is 0 Å². The average molecular weight is 321 g/mol. The van der Waals surface area contributed by atoms with Crippen LogP contribution in [0.2, 0.25) is 0 Å². The van der Waals surface area contributed by atoms with Crippen molar-refractivity contribution < 1.29 is 22.7 Å². The molecule has 2 N–H and O–H groups in total. The summed E-state index contributed by atoms with van der Waals surface area (Å²) >= 11 is 0. The van der Waals surface area contributed by atoms with E-state index in [2.05, 4.69) is 10.0 Å². The van der Waals surface area contributed by atoms with E-state index in [0.29, 0.717) is 32.5 Å². The van der Waals surface area contributed by atoms with Crippen LogP contribution in [0.3, 0.4) is 0 Å². The highest BCUT2D eigenvalue weighted by Crippen LogP contribution is 2.11. The molecule has 1 aliphatic heterocycles. The number of carbonyl (C=O) groups is 2. The molecular formula is C12H23N3O5S. The lowest BCUT2D eigenvalue weighted by Crippen LogP contribution is -2.48. The predicted octanol–water partition coefficient (Wildman–Crippen LogP) is -0.337. The molecule has 0 spiro atoms. The molecule has 0 radical (unpaired) electrons. The van der Waals surface area contributed by atoms with Gasteiger partial charge in [0.05, 0.1) is 18.9 Å². The first-order valence-corrected chi connectivity index (χ1v) is 8.71. The molecule has 1 rings (SSSR count). The molecule has 9 heteroatoms. The molecule has 0 aliphatic carbocycles. The lowest BCUT2D eigenvalue weighted by molar-refractivity contribution is -0.120. The predicted molar refractivity (Wildman–Crippen MR) is 77.2 cm³/mol. The fraction of sp³-hybridized carbons (Fsp3) is 0.833. The monoisotopic (exact) mass is 321 g/mol. The maximum atomic E-state index is 11.6. The van der Waals surface area contributed by atoms with E-state index in [1.807, 2.05) is 0 Å². The van der Waals surface area contributed by atoms with Crippen LogP contribution in [0.1, 0.15) is 26.7 Å². The van der Waals surface area contributed by atoms with Gasteiger partial charge < -0.3 is 15.0 Å². The van der Waals surface area contributed by atoms with Crippen molar-refractivity contribution in [2.75, 3.05) is 32.0 Å². The maximum Gasteiger partial charge on any atom is 0.409 e. The Labute approximate surface area is 125 Å². The number of carbonyl (C=O) groups excluding carboxylic acids is 2. The third-order valence-corrected chi connectivity index (χ3v) is 4.56. The third-order valence-electron chi connectivity index (χ3n) is 3.22. The van der Waals surface area contributed by atoms with E-state index in [9.17, 15) is 18.0 Å². The second kappa shape index (κ2) is 8.18. The van der Waals surface area contributed by atoms with E-state index in [4.69, 9.17) is 4.74 Å². The molecule has 1 fully saturated rings. The molecule has 0 saturated carbocycles. The topological polar surface area (TPSA) is 105 Å². The highest BCUT2D eigenvalue weighted by Gasteiger charge is 2.24. The largest absolute Gasteiger partial charge is 0.450 e. The minimum atomic E-state index is -3.36. The first kappa shape index (κ1) is 17.7. The summed E-state index contributed by atoms with van der Waals surface area (Å²) < 4.78 is 29.6. The maximum absolute atomic E-state index is 11.6. The second-order valence-corrected chi connectivity index (χ2v) is 6.85. The molecule has 8 nitrogen and oxygen atoms in total. The summed E-state index contributed by atoms with van der Waals surface area (Å²) in [7, 11) is -3.36. The molecular weight excluding hydrogens is 298 g/mol. The Kier molecular flexibility index (Phi) is 6.90. The van der Waals surface area contributed by atoms with Gasteiger partial charge >= 0.3 is 6.09 Å². The van der Waals surface area contributed by atoms with Crippen LogP contribution in [0.5, 0.6) is 0 Å². The number of rotatable bonds is 6. The third kappa shape index (κ3) is 6.30. The molecule has 0 aromatic rings. The van der Waals surface area contributed by atoms with E-state index in [1.54, 1.807) is 11.8 Å². The summed E-state index contributed by atoms with van der Waals surface area (Å²) in [5, 5.41) is 2.76. The van der Waals surface area contributed by atoms with Crippen molar-refractivity contribution in [1.29, 1.82) is 0 Å². The lowest BCUT2D eigenvalue weighted by Gasteiger charge is -2.31. The zero-order chi connectivity index (χ0) is 15.9. The van der Waals surface area contributed by atoms with Crippen LogP contribution in [0.15, 0.2) is 0 Å². The molecule has 0 unspecified atom stereocenters. The van der Waals surface area contributed by atoms with Gasteiger partial charge in [-0.3, -0.25) is 4.79 Å². The van der Waals surface area contributed by atoms with Crippen molar-refractivity contribution in [1.82, 2.24) is 14.9 Å². The Balaban J connectivity index is 2.29. The van der Waals surface area contributed by atoms with Crippen LogP contribution >= 0.6 is 0 Å². The second-order valence-electron chi connectivity index (χ2n) is 4.75. The van der Waals surface area contributed by atoms with E-state index in [-0.39, 0.29) is 30.3 Å². The summed E-state index contributed by atoms with van der Waals surface area (Å²) in [6.45, 7) is 4.38. The number of sulfonamides is 1. The molecule has 2 amide bonds. The van der Waals surface area contributed by atoms with Crippen LogP contribution in [-0.2, 0) is 19.6 Å². The van der Waals surface area contributed by atoms with E-state index >= 15 is 0 Å². The fourth-order valence-corrected chi connectivity index (χ4v) is 2.53. The molecule has 122 valence electrons. The van der Waals surface area contributed by atoms with Crippen molar-refractivity contribution >= 4 is 22.0 Å². The summed E-state index contributed by atoms with van der Waals surface area (Å²) in [6, 6.07) is -0.0469. The molecule has 0 aromatic carbocycles. The van der Waals surface area contributed by atoms with Crippen LogP contribution in [0.25, 0.3) is 0 Å². The van der Waals surface area contributed by atoms with Gasteiger partial charge in [0.15, 0.2) is 0 Å². The number of hydrogen-bond donors (Lipinski definition) is 2. The molecule has 0 atom stereocenters. The Hall–Kier alpha value is -1.35. The van der Waals surface area contributed by atoms with Gasteiger partial charge in [0, 0.05) is 19.1 Å². The van der Waals surface area contributed by atoms with Crippen LogP contribution < -0.4 is 10.0 Å². The highest BCUT2D eigenvalue weighted by atomic mass is 32.2. The van der Waals surface area contributed by atoms with Crippen molar-refractivity contribution in [3.05, 3.63) is 0 Å². The Morgan fingerprint density at radius 2 is 1.86 bits per heavy atom. The number of amides is 2. The van der Waals surface area contributed by atoms with Crippen molar-refractivity contribution in [3.8, 4) is 0 Å². The van der Waals surface area contributed by atoms with Gasteiger partial charge in [-0.25, -0.2) is 17.9 Å². The van der Waals surface area contributed by atoms with Crippen LogP contribution in [-0.4, -0.2) is 63.4 Å². The fourth-order valence-electron chi connectivity index (χ4n) is 1.98. The number of piperidine rings is 1. The molecule has 1 aliphatic rings. The normalized spacial score (nSPS) is 16.6. The number of hydrogen-bond acceptors (Lipinski definition) is 5. The molecule has 1 saturated heterocycles. The van der Waals surface area contributed by atoms with Gasteiger partial charge in [-0.2, -0.15) is 0 Å². The molecule has 1 heterocycles. The van der Waals surface area contributed by atoms with E-state index in [1.165, 1.54) is 6.92 Å². The first-order chi connectivity index (χ1) is 9.88. The number of ether oxygens (including phenoxy) is 1. The zero-order valence-corrected chi connectivity index (χ0v) is 13.2. The zero-order valence-electron chi connectivity index (χ0n) is 12.4. The first-order valence-electron chi connectivity index (χ1n) is 7.06. The van der Waals surface area contributed by atoms with Crippen LogP contribution in [0, 0.1) is 0 Å². The summed E-state index contributed by atoms with van der Waals surface area (Å²) in [6.07, 6.45) is 0.925. The molecule has 21 heavy (non-hydrogen) atoms. The van der Waals surface area contributed by atoms with E-state index < -0.39 is 10.0 Å². The molecule has 0 bridgehead atoms. The van der Waals surface area contributed by atoms with Crippen molar-refractivity contribution in [2.24, 2.45) is 0 Å². The number of likely N-dealkylation sites (tertiary alicyclic amines) is 1. The standard InChI is InChI=1S/C12H23N3O5S/c1-3-20-12(17)15-7-5-10(6-8-15)14-11(16)9-13-21(18,19)4-2/h10,13H,3-9H2,1-2H3,(H,14,16). The van der Waals surface area contributed by atoms with Gasteiger partial charge in [0.2, 0.25) is 15.9 Å². The van der Waals surface area contributed by atoms with Crippen molar-refractivity contribution in [2.45, 2.75) is 32.7 Å². The van der Waals surface area contributed by atoms with Crippen LogP contribution in [0.4, 0.5) is 4.79 Å². The van der Waals surface area contributed by atoms with Gasteiger partial charge in [-0.1, -0.05) is 0 Å². The molecule has 0 aromatic heterocycles. The minimum Gasteiger partial charge on any atom is -0.450 e. The number of nitrogens with one attached hydrogen (secondary N) is 2. The van der Waals surface area contributed by atoms with Gasteiger partial charge in [-0.15, -0.1) is 0 Å². The Bertz CT molecular complexity index is 458. The lowest BCUT2D eigenvalue weighted by atomic mass is 10.1. The smallest absolute Gasteiger partial charge is 0.409 e. The van der Waals surface area contributed by atoms with E-state index in [0.717, 1.165) is 0 Å². The van der Waals surface area contributed by atoms with Gasteiger partial charge in [-0.05, 0) is 26.7 Å². The summed E-state index contributed by atoms with van der Waals surface area (Å²) in [5.41, 5.74) is 0. The van der Waals surface area contributed by atoms with Gasteiger partial charge in [0.25, 0.3) is 0 Å². The number of nitrogens with zero attached hydrogens (tertiary/aromatic N) is 1. The SMILES string of the molecule is CCOC(=O)N1CCC(NC(=O)CNS(=O)(=O)CC)CC1. The Morgan fingerprint density at radius 3 is 2.38 bits per heavy atom. The summed E-state index contributed by atoms with van der Waals surface area (Å²) in [4.78, 5) is 24.8. The quantitative estimate of drug-likeness (QED) is 0.696. The average Bonchev–Trinajstić information content (AvgIpc) is 2.46. The Morgan fingerprint density at radius 1 is 1.24 bits per heavy atom.